The van der Waals surface area contributed by atoms with Crippen LogP contribution in [-0.2, 0) is 0 Å². The Balaban J connectivity index is 2.22. The average molecular weight is 98.1 g/mol. The van der Waals surface area contributed by atoms with Gasteiger partial charge in [-0.25, -0.2) is 0 Å². The maximum atomic E-state index is 5.11. The van der Waals surface area contributed by atoms with Crippen molar-refractivity contribution in [3.05, 3.63) is 0 Å². The summed E-state index contributed by atoms with van der Waals surface area (Å²) in [5, 5.41) is 0. The molecule has 0 N–H and O–H groups in total. The van der Waals surface area contributed by atoms with Crippen molar-refractivity contribution in [2.45, 2.75) is 6.42 Å². The third kappa shape index (κ3) is 0.559. The molecule has 0 nitrogen and oxygen atoms in total. The average Bonchev–Trinajstić information content (AvgIpc) is 1.31. The van der Waals surface area contributed by atoms with Crippen molar-refractivity contribution in [3.8, 4) is 12.1 Å². The second-order valence-corrected chi connectivity index (χ2v) is 3.70. The fraction of sp³-hybridized carbons (Fsp3) is 0.600. The molecule has 1 aliphatic heterocycles. The number of hydrogen-bond donors (Lipinski definition) is 0. The Morgan fingerprint density at radius 1 is 1.50 bits per heavy atom. The van der Waals surface area contributed by atoms with Crippen LogP contribution in [0.2, 0.25) is 0 Å². The zero-order chi connectivity index (χ0) is 4.41. The molecule has 0 bridgehead atoms. The van der Waals surface area contributed by atoms with Gasteiger partial charge < -0.3 is 0 Å². The van der Waals surface area contributed by atoms with Crippen LogP contribution in [0.5, 0.6) is 0 Å². The topological polar surface area (TPSA) is 0 Å². The molecule has 0 unspecified atom stereocenters. The highest BCUT2D eigenvalue weighted by Crippen LogP contribution is 2.43. The molecule has 0 aromatic heterocycles. The fourth-order valence-corrected chi connectivity index (χ4v) is 1.34. The summed E-state index contributed by atoms with van der Waals surface area (Å²) in [7, 11) is 0.132. The highest BCUT2D eigenvalue weighted by atomic mass is 31.1. The molecule has 0 radical (unpaired) electrons. The van der Waals surface area contributed by atoms with Gasteiger partial charge in [0.25, 0.3) is 0 Å². The minimum atomic E-state index is 0.132. The van der Waals surface area contributed by atoms with Crippen LogP contribution in [-0.4, -0.2) is 12.3 Å². The van der Waals surface area contributed by atoms with E-state index in [-0.39, 0.29) is 7.92 Å². The summed E-state index contributed by atoms with van der Waals surface area (Å²) in [4.78, 5) is 0. The Labute approximate surface area is 39.7 Å². The van der Waals surface area contributed by atoms with Gasteiger partial charge in [-0.1, -0.05) is 5.66 Å². The van der Waals surface area contributed by atoms with Crippen LogP contribution in [0.25, 0.3) is 0 Å². The normalized spacial score (nSPS) is 21.8. The molecule has 0 aliphatic carbocycles. The quantitative estimate of drug-likeness (QED) is 0.318. The molecular formula is C5H7P. The Kier molecular flexibility index (Phi) is 1.13. The second kappa shape index (κ2) is 1.63. The van der Waals surface area contributed by atoms with E-state index in [1.807, 2.05) is 0 Å². The van der Waals surface area contributed by atoms with Crippen LogP contribution < -0.4 is 0 Å². The zero-order valence-corrected chi connectivity index (χ0v) is 4.54. The van der Waals surface area contributed by atoms with Gasteiger partial charge in [0.2, 0.25) is 0 Å². The molecular weight excluding hydrogens is 91.0 g/mol. The molecule has 1 heterocycles. The third-order valence-corrected chi connectivity index (χ3v) is 3.12. The number of rotatable bonds is 0. The van der Waals surface area contributed by atoms with Gasteiger partial charge in [0.05, 0.1) is 0 Å². The molecule has 1 heteroatoms. The van der Waals surface area contributed by atoms with Gasteiger partial charge in [-0.2, -0.15) is 0 Å². The van der Waals surface area contributed by atoms with Crippen LogP contribution in [0.4, 0.5) is 0 Å². The van der Waals surface area contributed by atoms with Gasteiger partial charge in [-0.05, 0) is 26.7 Å². The van der Waals surface area contributed by atoms with E-state index in [1.54, 1.807) is 0 Å². The van der Waals surface area contributed by atoms with E-state index < -0.39 is 0 Å². The van der Waals surface area contributed by atoms with Crippen LogP contribution in [0, 0.1) is 12.1 Å². The SMILES string of the molecule is C#CP1CCC1. The van der Waals surface area contributed by atoms with Crippen molar-refractivity contribution in [2.75, 3.05) is 12.3 Å². The molecule has 0 spiro atoms. The van der Waals surface area contributed by atoms with E-state index >= 15 is 0 Å². The van der Waals surface area contributed by atoms with Gasteiger partial charge in [0.1, 0.15) is 0 Å². The predicted molar refractivity (Wildman–Crippen MR) is 30.1 cm³/mol. The lowest BCUT2D eigenvalue weighted by Crippen LogP contribution is -2.00. The minimum Gasteiger partial charge on any atom is -0.115 e. The lowest BCUT2D eigenvalue weighted by molar-refractivity contribution is 1.03. The Bertz CT molecular complexity index is 76.4. The summed E-state index contributed by atoms with van der Waals surface area (Å²) < 4.78 is 0. The molecule has 1 rings (SSSR count). The van der Waals surface area contributed by atoms with E-state index in [1.165, 1.54) is 18.7 Å². The number of hydrogen-bond acceptors (Lipinski definition) is 0. The molecule has 6 heavy (non-hydrogen) atoms. The summed E-state index contributed by atoms with van der Waals surface area (Å²) in [6.07, 6.45) is 9.18. The number of terminal acetylenes is 1. The highest BCUT2D eigenvalue weighted by Gasteiger charge is 2.12. The zero-order valence-electron chi connectivity index (χ0n) is 3.65. The Morgan fingerprint density at radius 2 is 2.17 bits per heavy atom. The summed E-state index contributed by atoms with van der Waals surface area (Å²) in [6.45, 7) is 0. The first-order chi connectivity index (χ1) is 2.93. The van der Waals surface area contributed by atoms with E-state index in [4.69, 9.17) is 6.42 Å². The van der Waals surface area contributed by atoms with E-state index in [9.17, 15) is 0 Å². The van der Waals surface area contributed by atoms with Crippen LogP contribution in [0.3, 0.4) is 0 Å². The maximum absolute atomic E-state index is 5.11. The first kappa shape index (κ1) is 4.16. The van der Waals surface area contributed by atoms with E-state index in [0.717, 1.165) is 0 Å². The van der Waals surface area contributed by atoms with Gasteiger partial charge in [0.15, 0.2) is 0 Å². The second-order valence-electron chi connectivity index (χ2n) is 1.47. The molecule has 0 aromatic carbocycles. The maximum Gasteiger partial charge on any atom is -0.0210 e. The van der Waals surface area contributed by atoms with Gasteiger partial charge in [-0.3, -0.25) is 0 Å². The molecule has 1 saturated heterocycles. The first-order valence-corrected chi connectivity index (χ1v) is 3.86. The lowest BCUT2D eigenvalue weighted by atomic mass is 10.5. The van der Waals surface area contributed by atoms with Crippen molar-refractivity contribution in [3.63, 3.8) is 0 Å². The van der Waals surface area contributed by atoms with Crippen LogP contribution in [0.1, 0.15) is 6.42 Å². The Morgan fingerprint density at radius 3 is 2.17 bits per heavy atom. The van der Waals surface area contributed by atoms with Crippen molar-refractivity contribution in [1.82, 2.24) is 0 Å². The molecule has 32 valence electrons. The smallest absolute Gasteiger partial charge is 0.0210 e. The van der Waals surface area contributed by atoms with Crippen LogP contribution in [0.15, 0.2) is 0 Å². The Hall–Kier alpha value is -0.0100. The van der Waals surface area contributed by atoms with Gasteiger partial charge in [0, 0.05) is 0 Å². The van der Waals surface area contributed by atoms with Crippen molar-refractivity contribution in [1.29, 1.82) is 0 Å². The summed E-state index contributed by atoms with van der Waals surface area (Å²) in [5.74, 6) is 0. The fourth-order valence-electron chi connectivity index (χ4n) is 0.445. The first-order valence-electron chi connectivity index (χ1n) is 2.14. The standard InChI is InChI=1S/C5H7P/c1-2-6-4-3-5-6/h1H,3-5H2. The largest absolute Gasteiger partial charge is 0.115 e. The van der Waals surface area contributed by atoms with Gasteiger partial charge in [-0.15, -0.1) is 6.42 Å². The molecule has 0 saturated carbocycles. The minimum absolute atomic E-state index is 0.132. The predicted octanol–water partition coefficient (Wildman–Crippen LogP) is 1.46. The summed E-state index contributed by atoms with van der Waals surface area (Å²) in [6, 6.07) is 0. The molecule has 1 aliphatic rings. The van der Waals surface area contributed by atoms with Gasteiger partial charge >= 0.3 is 0 Å². The van der Waals surface area contributed by atoms with E-state index in [2.05, 4.69) is 5.66 Å². The van der Waals surface area contributed by atoms with Crippen molar-refractivity contribution in [2.24, 2.45) is 0 Å². The van der Waals surface area contributed by atoms with Crippen molar-refractivity contribution >= 4 is 7.92 Å². The summed E-state index contributed by atoms with van der Waals surface area (Å²) >= 11 is 0. The molecule has 0 aromatic rings. The third-order valence-electron chi connectivity index (χ3n) is 1.04. The highest BCUT2D eigenvalue weighted by molar-refractivity contribution is 7.64. The lowest BCUT2D eigenvalue weighted by Gasteiger charge is -2.18. The van der Waals surface area contributed by atoms with E-state index in [0.29, 0.717) is 0 Å². The molecule has 0 amide bonds. The summed E-state index contributed by atoms with van der Waals surface area (Å²) in [5.41, 5.74) is 2.77. The van der Waals surface area contributed by atoms with Crippen LogP contribution >= 0.6 is 7.92 Å². The van der Waals surface area contributed by atoms with Crippen molar-refractivity contribution < 1.29 is 0 Å². The molecule has 0 atom stereocenters. The monoisotopic (exact) mass is 98.0 g/mol. The molecule has 1 fully saturated rings.